The van der Waals surface area contributed by atoms with Gasteiger partial charge < -0.3 is 19.5 Å². The molecule has 1 amide bonds. The lowest BCUT2D eigenvalue weighted by Gasteiger charge is -2.12. The molecule has 1 aliphatic rings. The van der Waals surface area contributed by atoms with Crippen LogP contribution in [0.5, 0.6) is 5.75 Å². The van der Waals surface area contributed by atoms with Crippen LogP contribution in [-0.4, -0.2) is 54.4 Å². The molecule has 0 bridgehead atoms. The molecule has 0 radical (unpaired) electrons. The Labute approximate surface area is 184 Å². The van der Waals surface area contributed by atoms with Crippen molar-refractivity contribution in [2.24, 2.45) is 0 Å². The molecule has 158 valence electrons. The van der Waals surface area contributed by atoms with Crippen LogP contribution in [0.4, 0.5) is 5.82 Å². The predicted octanol–water partition coefficient (Wildman–Crippen LogP) is 3.23. The second-order valence-electron chi connectivity index (χ2n) is 6.39. The number of methoxy groups -OCH3 is 1. The molecule has 10 heteroatoms. The number of halogens is 2. The SMILES string of the molecule is COCCOCCOc1ccc2c(C3C(=O)Nc4nc(Cl)ccc43)ncnc2c1.Cl. The van der Waals surface area contributed by atoms with Crippen LogP contribution in [0.3, 0.4) is 0 Å². The Hall–Kier alpha value is -2.52. The minimum Gasteiger partial charge on any atom is -0.491 e. The minimum absolute atomic E-state index is 0. The van der Waals surface area contributed by atoms with Gasteiger partial charge in [0, 0.05) is 24.1 Å². The highest BCUT2D eigenvalue weighted by Gasteiger charge is 2.35. The van der Waals surface area contributed by atoms with Gasteiger partial charge in [-0.25, -0.2) is 15.0 Å². The van der Waals surface area contributed by atoms with Crippen molar-refractivity contribution >= 4 is 46.6 Å². The van der Waals surface area contributed by atoms with E-state index in [4.69, 9.17) is 25.8 Å². The number of nitrogens with one attached hydrogen (secondary N) is 1. The first-order valence-electron chi connectivity index (χ1n) is 9.09. The number of benzene rings is 1. The van der Waals surface area contributed by atoms with Crippen LogP contribution in [0.2, 0.25) is 5.15 Å². The summed E-state index contributed by atoms with van der Waals surface area (Å²) < 4.78 is 16.0. The summed E-state index contributed by atoms with van der Waals surface area (Å²) >= 11 is 5.94. The second kappa shape index (κ2) is 9.99. The van der Waals surface area contributed by atoms with E-state index in [1.165, 1.54) is 6.33 Å². The molecule has 0 fully saturated rings. The Morgan fingerprint density at radius 2 is 1.93 bits per heavy atom. The van der Waals surface area contributed by atoms with Crippen molar-refractivity contribution in [3.63, 3.8) is 0 Å². The maximum absolute atomic E-state index is 12.6. The third-order valence-electron chi connectivity index (χ3n) is 4.55. The zero-order valence-electron chi connectivity index (χ0n) is 16.1. The van der Waals surface area contributed by atoms with E-state index in [0.29, 0.717) is 54.4 Å². The Morgan fingerprint density at radius 3 is 2.77 bits per heavy atom. The molecule has 4 rings (SSSR count). The second-order valence-corrected chi connectivity index (χ2v) is 6.77. The number of aromatic nitrogens is 3. The molecule has 1 N–H and O–H groups in total. The fourth-order valence-electron chi connectivity index (χ4n) is 3.22. The van der Waals surface area contributed by atoms with Crippen molar-refractivity contribution in [1.82, 2.24) is 15.0 Å². The van der Waals surface area contributed by atoms with Gasteiger partial charge in [-0.2, -0.15) is 0 Å². The Morgan fingerprint density at radius 1 is 1.10 bits per heavy atom. The number of anilines is 1. The average molecular weight is 451 g/mol. The molecule has 0 aliphatic carbocycles. The quantitative estimate of drug-likeness (QED) is 0.415. The van der Waals surface area contributed by atoms with Gasteiger partial charge in [0.25, 0.3) is 0 Å². The van der Waals surface area contributed by atoms with Crippen molar-refractivity contribution in [3.8, 4) is 5.75 Å². The highest BCUT2D eigenvalue weighted by atomic mass is 35.5. The van der Waals surface area contributed by atoms with Crippen LogP contribution in [0.25, 0.3) is 10.9 Å². The number of hydrogen-bond acceptors (Lipinski definition) is 7. The fourth-order valence-corrected chi connectivity index (χ4v) is 3.37. The molecule has 0 saturated carbocycles. The number of carbonyl (C=O) groups excluding carboxylic acids is 1. The Kier molecular flexibility index (Phi) is 7.38. The molecule has 1 aromatic carbocycles. The number of hydrogen-bond donors (Lipinski definition) is 1. The van der Waals surface area contributed by atoms with Crippen LogP contribution >= 0.6 is 24.0 Å². The maximum atomic E-state index is 12.6. The van der Waals surface area contributed by atoms with Gasteiger partial charge in [-0.05, 0) is 18.2 Å². The summed E-state index contributed by atoms with van der Waals surface area (Å²) in [6.07, 6.45) is 1.45. The average Bonchev–Trinajstić information content (AvgIpc) is 3.04. The zero-order valence-corrected chi connectivity index (χ0v) is 17.7. The largest absolute Gasteiger partial charge is 0.491 e. The highest BCUT2D eigenvalue weighted by molar-refractivity contribution is 6.29. The van der Waals surface area contributed by atoms with E-state index in [1.54, 1.807) is 19.2 Å². The van der Waals surface area contributed by atoms with Crippen LogP contribution in [0.15, 0.2) is 36.7 Å². The standard InChI is InChI=1S/C20H19ClN4O4.ClH/c1-27-6-7-28-8-9-29-12-2-3-13-15(10-12)22-11-23-18(13)17-14-4-5-16(21)24-19(14)25-20(17)26;/h2-5,10-11,17H,6-9H2,1H3,(H,24,25,26);1H. The number of amides is 1. The Balaban J connectivity index is 0.00000256. The summed E-state index contributed by atoms with van der Waals surface area (Å²) in [5, 5.41) is 3.87. The normalized spacial score (nSPS) is 14.9. The lowest BCUT2D eigenvalue weighted by Crippen LogP contribution is -2.15. The van der Waals surface area contributed by atoms with E-state index < -0.39 is 5.92 Å². The summed E-state index contributed by atoms with van der Waals surface area (Å²) in [4.78, 5) is 25.5. The molecule has 8 nitrogen and oxygen atoms in total. The first-order chi connectivity index (χ1) is 14.2. The molecule has 30 heavy (non-hydrogen) atoms. The topological polar surface area (TPSA) is 95.5 Å². The minimum atomic E-state index is -0.568. The van der Waals surface area contributed by atoms with E-state index in [9.17, 15) is 4.79 Å². The van der Waals surface area contributed by atoms with E-state index in [0.717, 1.165) is 10.9 Å². The summed E-state index contributed by atoms with van der Waals surface area (Å²) in [6, 6.07) is 8.97. The van der Waals surface area contributed by atoms with Gasteiger partial charge in [0.05, 0.1) is 31.0 Å². The number of nitrogens with zero attached hydrogens (tertiary/aromatic N) is 3. The molecule has 0 saturated heterocycles. The smallest absolute Gasteiger partial charge is 0.239 e. The summed E-state index contributed by atoms with van der Waals surface area (Å²) in [7, 11) is 1.63. The molecule has 1 atom stereocenters. The van der Waals surface area contributed by atoms with Gasteiger partial charge in [0.15, 0.2) is 0 Å². The van der Waals surface area contributed by atoms with Crippen LogP contribution in [-0.2, 0) is 14.3 Å². The first kappa shape index (κ1) is 22.2. The van der Waals surface area contributed by atoms with Crippen LogP contribution < -0.4 is 10.1 Å². The first-order valence-corrected chi connectivity index (χ1v) is 9.46. The summed E-state index contributed by atoms with van der Waals surface area (Å²) in [5.41, 5.74) is 2.05. The van der Waals surface area contributed by atoms with Gasteiger partial charge in [-0.15, -0.1) is 12.4 Å². The maximum Gasteiger partial charge on any atom is 0.239 e. The summed E-state index contributed by atoms with van der Waals surface area (Å²) in [6.45, 7) is 1.96. The van der Waals surface area contributed by atoms with Gasteiger partial charge in [-0.3, -0.25) is 4.79 Å². The number of pyridine rings is 1. The number of ether oxygens (including phenoxy) is 3. The third kappa shape index (κ3) is 4.62. The number of rotatable bonds is 8. The van der Waals surface area contributed by atoms with Gasteiger partial charge in [0.2, 0.25) is 5.91 Å². The molecule has 0 spiro atoms. The molecule has 3 aromatic rings. The molecule has 1 unspecified atom stereocenters. The molecule has 3 heterocycles. The number of carbonyl (C=O) groups is 1. The highest BCUT2D eigenvalue weighted by Crippen LogP contribution is 2.38. The van der Waals surface area contributed by atoms with Crippen LogP contribution in [0.1, 0.15) is 17.2 Å². The lowest BCUT2D eigenvalue weighted by molar-refractivity contribution is -0.116. The molecular formula is C20H20Cl2N4O4. The fraction of sp³-hybridized carbons (Fsp3) is 0.300. The summed E-state index contributed by atoms with van der Waals surface area (Å²) in [5.74, 6) is 0.374. The monoisotopic (exact) mass is 450 g/mol. The van der Waals surface area contributed by atoms with Crippen LogP contribution in [0, 0.1) is 0 Å². The van der Waals surface area contributed by atoms with E-state index in [2.05, 4.69) is 20.3 Å². The van der Waals surface area contributed by atoms with Crippen molar-refractivity contribution in [2.45, 2.75) is 5.92 Å². The van der Waals surface area contributed by atoms with E-state index in [1.807, 2.05) is 18.2 Å². The van der Waals surface area contributed by atoms with Crippen molar-refractivity contribution in [3.05, 3.63) is 53.1 Å². The number of fused-ring (bicyclic) bond motifs is 2. The molecular weight excluding hydrogens is 431 g/mol. The predicted molar refractivity (Wildman–Crippen MR) is 115 cm³/mol. The molecule has 1 aliphatic heterocycles. The van der Waals surface area contributed by atoms with Crippen molar-refractivity contribution in [1.29, 1.82) is 0 Å². The van der Waals surface area contributed by atoms with E-state index >= 15 is 0 Å². The van der Waals surface area contributed by atoms with Crippen molar-refractivity contribution in [2.75, 3.05) is 38.9 Å². The zero-order chi connectivity index (χ0) is 20.2. The molecule has 2 aromatic heterocycles. The van der Waals surface area contributed by atoms with E-state index in [-0.39, 0.29) is 18.3 Å². The Bertz CT molecular complexity index is 1050. The van der Waals surface area contributed by atoms with Gasteiger partial charge in [-0.1, -0.05) is 17.7 Å². The van der Waals surface area contributed by atoms with Gasteiger partial charge >= 0.3 is 0 Å². The van der Waals surface area contributed by atoms with Gasteiger partial charge in [0.1, 0.15) is 35.6 Å². The third-order valence-corrected chi connectivity index (χ3v) is 4.76. The van der Waals surface area contributed by atoms with Crippen molar-refractivity contribution < 1.29 is 19.0 Å². The lowest BCUT2D eigenvalue weighted by atomic mass is 9.95.